The fourth-order valence-corrected chi connectivity index (χ4v) is 2.65. The van der Waals surface area contributed by atoms with Crippen molar-refractivity contribution in [2.24, 2.45) is 0 Å². The third kappa shape index (κ3) is 2.65. The molecule has 0 saturated heterocycles. The number of hydrogen-bond acceptors (Lipinski definition) is 1. The van der Waals surface area contributed by atoms with Gasteiger partial charge in [-0.1, -0.05) is 30.3 Å². The van der Waals surface area contributed by atoms with Crippen molar-refractivity contribution in [1.82, 2.24) is 0 Å². The van der Waals surface area contributed by atoms with E-state index in [1.165, 1.54) is 29.7 Å². The standard InChI is InChI=1S/C18H21N/c1-19(2)18-11-6-14(7-12-18)3-4-15-5-8-16-9-10-17(16)13-15/h5-8,11-13H,3-4,9-10H2,1-2H3. The summed E-state index contributed by atoms with van der Waals surface area (Å²) in [5.41, 5.74) is 7.30. The monoisotopic (exact) mass is 251 g/mol. The Morgan fingerprint density at radius 3 is 2.00 bits per heavy atom. The third-order valence-corrected chi connectivity index (χ3v) is 4.09. The van der Waals surface area contributed by atoms with E-state index >= 15 is 0 Å². The molecule has 0 radical (unpaired) electrons. The van der Waals surface area contributed by atoms with Gasteiger partial charge in [0, 0.05) is 19.8 Å². The van der Waals surface area contributed by atoms with E-state index in [2.05, 4.69) is 61.5 Å². The van der Waals surface area contributed by atoms with E-state index in [9.17, 15) is 0 Å². The van der Waals surface area contributed by atoms with Crippen molar-refractivity contribution in [3.05, 3.63) is 64.7 Å². The van der Waals surface area contributed by atoms with Crippen LogP contribution in [-0.2, 0) is 25.7 Å². The van der Waals surface area contributed by atoms with Crippen molar-refractivity contribution in [2.45, 2.75) is 25.7 Å². The molecule has 0 atom stereocenters. The lowest BCUT2D eigenvalue weighted by atomic mass is 9.86. The van der Waals surface area contributed by atoms with E-state index in [-0.39, 0.29) is 0 Å². The summed E-state index contributed by atoms with van der Waals surface area (Å²) in [6, 6.07) is 15.9. The molecule has 0 N–H and O–H groups in total. The Hall–Kier alpha value is -1.76. The molecule has 1 aliphatic rings. The van der Waals surface area contributed by atoms with Crippen molar-refractivity contribution >= 4 is 5.69 Å². The lowest BCUT2D eigenvalue weighted by Gasteiger charge is -2.19. The molecule has 0 amide bonds. The van der Waals surface area contributed by atoms with E-state index in [4.69, 9.17) is 0 Å². The minimum absolute atomic E-state index is 1.13. The molecular formula is C18H21N. The second-order valence-electron chi connectivity index (χ2n) is 5.66. The Kier molecular flexibility index (Phi) is 3.29. The minimum atomic E-state index is 1.13. The number of anilines is 1. The van der Waals surface area contributed by atoms with Crippen LogP contribution in [-0.4, -0.2) is 14.1 Å². The quantitative estimate of drug-likeness (QED) is 0.802. The third-order valence-electron chi connectivity index (χ3n) is 4.09. The van der Waals surface area contributed by atoms with Gasteiger partial charge < -0.3 is 4.90 Å². The zero-order valence-electron chi connectivity index (χ0n) is 11.8. The van der Waals surface area contributed by atoms with Gasteiger partial charge in [0.05, 0.1) is 0 Å². The Balaban J connectivity index is 1.63. The maximum absolute atomic E-state index is 2.40. The molecule has 0 aromatic heterocycles. The van der Waals surface area contributed by atoms with Crippen LogP contribution in [0.4, 0.5) is 5.69 Å². The average molecular weight is 251 g/mol. The molecule has 0 bridgehead atoms. The predicted molar refractivity (Wildman–Crippen MR) is 82.0 cm³/mol. The van der Waals surface area contributed by atoms with Crippen molar-refractivity contribution < 1.29 is 0 Å². The highest BCUT2D eigenvalue weighted by Gasteiger charge is 2.12. The van der Waals surface area contributed by atoms with Gasteiger partial charge in [0.15, 0.2) is 0 Å². The summed E-state index contributed by atoms with van der Waals surface area (Å²) in [4.78, 5) is 2.14. The van der Waals surface area contributed by atoms with E-state index < -0.39 is 0 Å². The van der Waals surface area contributed by atoms with Crippen LogP contribution in [0.5, 0.6) is 0 Å². The van der Waals surface area contributed by atoms with Gasteiger partial charge in [0.2, 0.25) is 0 Å². The van der Waals surface area contributed by atoms with Crippen LogP contribution in [0.25, 0.3) is 0 Å². The molecule has 2 aromatic rings. The Morgan fingerprint density at radius 1 is 0.789 bits per heavy atom. The number of benzene rings is 2. The molecule has 98 valence electrons. The fraction of sp³-hybridized carbons (Fsp3) is 0.333. The summed E-state index contributed by atoms with van der Waals surface area (Å²) in [6.45, 7) is 0. The summed E-state index contributed by atoms with van der Waals surface area (Å²) in [5, 5.41) is 0. The topological polar surface area (TPSA) is 3.24 Å². The van der Waals surface area contributed by atoms with Gasteiger partial charge in [0.1, 0.15) is 0 Å². The maximum Gasteiger partial charge on any atom is 0.0361 e. The van der Waals surface area contributed by atoms with E-state index in [0.717, 1.165) is 12.8 Å². The van der Waals surface area contributed by atoms with Crippen molar-refractivity contribution in [2.75, 3.05) is 19.0 Å². The lowest BCUT2D eigenvalue weighted by molar-refractivity contribution is 0.828. The SMILES string of the molecule is CN(C)c1ccc(CCc2ccc3c(c2)CC3)cc1. The van der Waals surface area contributed by atoms with Crippen molar-refractivity contribution in [3.8, 4) is 0 Å². The van der Waals surface area contributed by atoms with Crippen molar-refractivity contribution in [1.29, 1.82) is 0 Å². The first-order valence-corrected chi connectivity index (χ1v) is 7.09. The summed E-state index contributed by atoms with van der Waals surface area (Å²) >= 11 is 0. The molecular weight excluding hydrogens is 230 g/mol. The highest BCUT2D eigenvalue weighted by molar-refractivity contribution is 5.46. The van der Waals surface area contributed by atoms with Gasteiger partial charge in [-0.05, 0) is 60.1 Å². The number of aryl methyl sites for hydroxylation is 4. The zero-order chi connectivity index (χ0) is 13.2. The number of hydrogen-bond donors (Lipinski definition) is 0. The smallest absolute Gasteiger partial charge is 0.0361 e. The summed E-state index contributed by atoms with van der Waals surface area (Å²) in [7, 11) is 4.16. The molecule has 3 rings (SSSR count). The van der Waals surface area contributed by atoms with Gasteiger partial charge in [0.25, 0.3) is 0 Å². The van der Waals surface area contributed by atoms with Crippen LogP contribution in [0.2, 0.25) is 0 Å². The van der Waals surface area contributed by atoms with Crippen molar-refractivity contribution in [3.63, 3.8) is 0 Å². The molecule has 1 nitrogen and oxygen atoms in total. The summed E-state index contributed by atoms with van der Waals surface area (Å²) in [6.07, 6.45) is 4.84. The van der Waals surface area contributed by atoms with Gasteiger partial charge in [-0.25, -0.2) is 0 Å². The highest BCUT2D eigenvalue weighted by atomic mass is 15.1. The number of nitrogens with zero attached hydrogens (tertiary/aromatic N) is 1. The van der Waals surface area contributed by atoms with Gasteiger partial charge >= 0.3 is 0 Å². The van der Waals surface area contributed by atoms with E-state index in [0.29, 0.717) is 0 Å². The van der Waals surface area contributed by atoms with Gasteiger partial charge in [-0.2, -0.15) is 0 Å². The minimum Gasteiger partial charge on any atom is -0.378 e. The maximum atomic E-state index is 2.40. The zero-order valence-corrected chi connectivity index (χ0v) is 11.8. The molecule has 1 aliphatic carbocycles. The van der Waals surface area contributed by atoms with Gasteiger partial charge in [-0.3, -0.25) is 0 Å². The molecule has 0 aliphatic heterocycles. The molecule has 0 fully saturated rings. The number of fused-ring (bicyclic) bond motifs is 1. The second-order valence-corrected chi connectivity index (χ2v) is 5.66. The second kappa shape index (κ2) is 5.08. The van der Waals surface area contributed by atoms with E-state index in [1.807, 2.05) is 0 Å². The normalized spacial score (nSPS) is 12.7. The summed E-state index contributed by atoms with van der Waals surface area (Å²) in [5.74, 6) is 0. The first-order chi connectivity index (χ1) is 9.22. The van der Waals surface area contributed by atoms with Crippen LogP contribution in [0.15, 0.2) is 42.5 Å². The van der Waals surface area contributed by atoms with Crippen LogP contribution in [0.3, 0.4) is 0 Å². The van der Waals surface area contributed by atoms with E-state index in [1.54, 1.807) is 11.1 Å². The van der Waals surface area contributed by atoms with Crippen LogP contribution >= 0.6 is 0 Å². The summed E-state index contributed by atoms with van der Waals surface area (Å²) < 4.78 is 0. The molecule has 1 heteroatoms. The Labute approximate surface area is 115 Å². The molecule has 2 aromatic carbocycles. The Bertz CT molecular complexity index is 567. The largest absolute Gasteiger partial charge is 0.378 e. The van der Waals surface area contributed by atoms with Crippen LogP contribution < -0.4 is 4.90 Å². The molecule has 0 spiro atoms. The van der Waals surface area contributed by atoms with Gasteiger partial charge in [-0.15, -0.1) is 0 Å². The highest BCUT2D eigenvalue weighted by Crippen LogP contribution is 2.24. The lowest BCUT2D eigenvalue weighted by Crippen LogP contribution is -2.09. The van der Waals surface area contributed by atoms with Crippen LogP contribution in [0, 0.1) is 0 Å². The Morgan fingerprint density at radius 2 is 1.42 bits per heavy atom. The first-order valence-electron chi connectivity index (χ1n) is 7.09. The average Bonchev–Trinajstić information content (AvgIpc) is 2.39. The fourth-order valence-electron chi connectivity index (χ4n) is 2.65. The molecule has 0 heterocycles. The predicted octanol–water partition coefficient (Wildman–Crippen LogP) is 3.64. The molecule has 19 heavy (non-hydrogen) atoms. The van der Waals surface area contributed by atoms with Crippen LogP contribution in [0.1, 0.15) is 22.3 Å². The first kappa shape index (κ1) is 12.3. The molecule has 0 unspecified atom stereocenters. The molecule has 0 saturated carbocycles. The number of rotatable bonds is 4.